The molecule has 1 N–H and O–H groups in total. The Morgan fingerprint density at radius 1 is 1.29 bits per heavy atom. The van der Waals surface area contributed by atoms with Gasteiger partial charge in [0.1, 0.15) is 0 Å². The molecule has 1 unspecified atom stereocenters. The third-order valence-corrected chi connectivity index (χ3v) is 2.81. The maximum absolute atomic E-state index is 9.10. The standard InChI is InChI=1S/C14H20N2O/c1-2-10-16(11-12-17)14(8-9-15)13-6-4-3-5-7-13/h3-7,14,17H,2,8,10-12H2,1H3. The van der Waals surface area contributed by atoms with Crippen molar-refractivity contribution in [3.8, 4) is 6.07 Å². The van der Waals surface area contributed by atoms with Gasteiger partial charge in [0.25, 0.3) is 0 Å². The molecule has 3 heteroatoms. The molecule has 0 spiro atoms. The molecule has 0 aromatic heterocycles. The lowest BCUT2D eigenvalue weighted by Crippen LogP contribution is -2.32. The Bertz CT molecular complexity index is 339. The first-order valence-electron chi connectivity index (χ1n) is 6.10. The van der Waals surface area contributed by atoms with Gasteiger partial charge < -0.3 is 5.11 Å². The zero-order valence-corrected chi connectivity index (χ0v) is 10.3. The summed E-state index contributed by atoms with van der Waals surface area (Å²) in [5, 5.41) is 18.0. The molecule has 0 saturated carbocycles. The molecule has 17 heavy (non-hydrogen) atoms. The van der Waals surface area contributed by atoms with Gasteiger partial charge in [0.05, 0.1) is 19.1 Å². The number of aliphatic hydroxyl groups is 1. The Balaban J connectivity index is 2.86. The minimum absolute atomic E-state index is 0.0910. The zero-order chi connectivity index (χ0) is 12.5. The first-order chi connectivity index (χ1) is 8.33. The monoisotopic (exact) mass is 232 g/mol. The van der Waals surface area contributed by atoms with E-state index in [2.05, 4.69) is 17.9 Å². The lowest BCUT2D eigenvalue weighted by atomic mass is 10.0. The van der Waals surface area contributed by atoms with E-state index < -0.39 is 0 Å². The predicted molar refractivity (Wildman–Crippen MR) is 68.4 cm³/mol. The van der Waals surface area contributed by atoms with Crippen LogP contribution in [0, 0.1) is 11.3 Å². The highest BCUT2D eigenvalue weighted by atomic mass is 16.3. The first-order valence-corrected chi connectivity index (χ1v) is 6.10. The van der Waals surface area contributed by atoms with Gasteiger partial charge in [-0.1, -0.05) is 37.3 Å². The number of nitriles is 1. The minimum atomic E-state index is 0.0910. The average molecular weight is 232 g/mol. The Labute approximate surface area is 103 Å². The van der Waals surface area contributed by atoms with Gasteiger partial charge in [0.2, 0.25) is 0 Å². The molecule has 1 aromatic carbocycles. The molecular formula is C14H20N2O. The second-order valence-electron chi connectivity index (χ2n) is 4.05. The third-order valence-electron chi connectivity index (χ3n) is 2.81. The van der Waals surface area contributed by atoms with Crippen molar-refractivity contribution >= 4 is 0 Å². The molecule has 0 amide bonds. The molecule has 3 nitrogen and oxygen atoms in total. The van der Waals surface area contributed by atoms with Crippen LogP contribution in [0.2, 0.25) is 0 Å². The van der Waals surface area contributed by atoms with E-state index in [4.69, 9.17) is 10.4 Å². The molecule has 0 radical (unpaired) electrons. The first kappa shape index (κ1) is 13.7. The van der Waals surface area contributed by atoms with Crippen LogP contribution in [0.5, 0.6) is 0 Å². The summed E-state index contributed by atoms with van der Waals surface area (Å²) in [5.74, 6) is 0. The van der Waals surface area contributed by atoms with E-state index in [1.54, 1.807) is 0 Å². The van der Waals surface area contributed by atoms with Gasteiger partial charge in [-0.3, -0.25) is 4.90 Å². The quantitative estimate of drug-likeness (QED) is 0.785. The number of benzene rings is 1. The van der Waals surface area contributed by atoms with Crippen molar-refractivity contribution in [1.82, 2.24) is 4.90 Å². The van der Waals surface area contributed by atoms with Crippen molar-refractivity contribution < 1.29 is 5.11 Å². The van der Waals surface area contributed by atoms with E-state index >= 15 is 0 Å². The smallest absolute Gasteiger partial charge is 0.0641 e. The number of rotatable bonds is 7. The van der Waals surface area contributed by atoms with Crippen molar-refractivity contribution in [2.45, 2.75) is 25.8 Å². The van der Waals surface area contributed by atoms with Gasteiger partial charge in [0, 0.05) is 12.6 Å². The number of hydrogen-bond acceptors (Lipinski definition) is 3. The van der Waals surface area contributed by atoms with E-state index in [1.165, 1.54) is 0 Å². The Kier molecular flexibility index (Phi) is 6.31. The summed E-state index contributed by atoms with van der Waals surface area (Å²) in [5.41, 5.74) is 1.15. The molecule has 0 saturated heterocycles. The fraction of sp³-hybridized carbons (Fsp3) is 0.500. The number of hydrogen-bond donors (Lipinski definition) is 1. The fourth-order valence-electron chi connectivity index (χ4n) is 2.06. The largest absolute Gasteiger partial charge is 0.395 e. The summed E-state index contributed by atoms with van der Waals surface area (Å²) in [6.07, 6.45) is 1.48. The topological polar surface area (TPSA) is 47.3 Å². The minimum Gasteiger partial charge on any atom is -0.395 e. The molecule has 0 bridgehead atoms. The number of nitrogens with zero attached hydrogens (tertiary/aromatic N) is 2. The van der Waals surface area contributed by atoms with Crippen molar-refractivity contribution in [2.24, 2.45) is 0 Å². The molecule has 1 aromatic rings. The van der Waals surface area contributed by atoms with E-state index in [0.717, 1.165) is 18.5 Å². The van der Waals surface area contributed by atoms with Crippen LogP contribution in [0.1, 0.15) is 31.4 Å². The zero-order valence-electron chi connectivity index (χ0n) is 10.3. The molecule has 1 rings (SSSR count). The lowest BCUT2D eigenvalue weighted by molar-refractivity contribution is 0.151. The van der Waals surface area contributed by atoms with Gasteiger partial charge in [0.15, 0.2) is 0 Å². The predicted octanol–water partition coefficient (Wildman–Crippen LogP) is 2.35. The highest BCUT2D eigenvalue weighted by Gasteiger charge is 2.18. The SMILES string of the molecule is CCCN(CCO)C(CC#N)c1ccccc1. The highest BCUT2D eigenvalue weighted by molar-refractivity contribution is 5.20. The normalized spacial score (nSPS) is 12.4. The molecular weight excluding hydrogens is 212 g/mol. The van der Waals surface area contributed by atoms with Gasteiger partial charge in [-0.25, -0.2) is 0 Å². The fourth-order valence-corrected chi connectivity index (χ4v) is 2.06. The molecule has 1 atom stereocenters. The van der Waals surface area contributed by atoms with Crippen molar-refractivity contribution in [3.63, 3.8) is 0 Å². The second kappa shape index (κ2) is 7.83. The van der Waals surface area contributed by atoms with Crippen molar-refractivity contribution in [2.75, 3.05) is 19.7 Å². The van der Waals surface area contributed by atoms with Crippen LogP contribution >= 0.6 is 0 Å². The highest BCUT2D eigenvalue weighted by Crippen LogP contribution is 2.23. The van der Waals surface area contributed by atoms with Crippen molar-refractivity contribution in [3.05, 3.63) is 35.9 Å². The average Bonchev–Trinajstić information content (AvgIpc) is 2.37. The maximum Gasteiger partial charge on any atom is 0.0641 e. The summed E-state index contributed by atoms with van der Waals surface area (Å²) in [7, 11) is 0. The molecule has 0 heterocycles. The Hall–Kier alpha value is -1.37. The van der Waals surface area contributed by atoms with Gasteiger partial charge in [-0.15, -0.1) is 0 Å². The van der Waals surface area contributed by atoms with E-state index in [1.807, 2.05) is 30.3 Å². The van der Waals surface area contributed by atoms with Crippen molar-refractivity contribution in [1.29, 1.82) is 5.26 Å². The molecule has 0 aliphatic carbocycles. The van der Waals surface area contributed by atoms with E-state index in [-0.39, 0.29) is 12.6 Å². The Morgan fingerprint density at radius 3 is 2.53 bits per heavy atom. The van der Waals surface area contributed by atoms with Crippen LogP contribution in [-0.2, 0) is 0 Å². The maximum atomic E-state index is 9.10. The van der Waals surface area contributed by atoms with Crippen LogP contribution in [0.25, 0.3) is 0 Å². The molecule has 0 fully saturated rings. The summed E-state index contributed by atoms with van der Waals surface area (Å²) in [4.78, 5) is 2.18. The van der Waals surface area contributed by atoms with Crippen LogP contribution in [0.3, 0.4) is 0 Å². The summed E-state index contributed by atoms with van der Waals surface area (Å²) < 4.78 is 0. The van der Waals surface area contributed by atoms with E-state index in [0.29, 0.717) is 13.0 Å². The third kappa shape index (κ3) is 4.18. The van der Waals surface area contributed by atoms with Gasteiger partial charge in [-0.2, -0.15) is 5.26 Å². The number of aliphatic hydroxyl groups excluding tert-OH is 1. The van der Waals surface area contributed by atoms with Gasteiger partial charge in [-0.05, 0) is 18.5 Å². The van der Waals surface area contributed by atoms with Crippen LogP contribution < -0.4 is 0 Å². The second-order valence-corrected chi connectivity index (χ2v) is 4.05. The summed E-state index contributed by atoms with van der Waals surface area (Å²) in [6.45, 7) is 3.77. The van der Waals surface area contributed by atoms with Gasteiger partial charge >= 0.3 is 0 Å². The molecule has 0 aliphatic heterocycles. The lowest BCUT2D eigenvalue weighted by Gasteiger charge is -2.29. The van der Waals surface area contributed by atoms with E-state index in [9.17, 15) is 0 Å². The van der Waals surface area contributed by atoms with Crippen LogP contribution in [-0.4, -0.2) is 29.7 Å². The summed E-state index contributed by atoms with van der Waals surface area (Å²) in [6, 6.07) is 12.4. The van der Waals surface area contributed by atoms with Crippen LogP contribution in [0.4, 0.5) is 0 Å². The molecule has 92 valence electrons. The summed E-state index contributed by atoms with van der Waals surface area (Å²) >= 11 is 0. The van der Waals surface area contributed by atoms with Crippen LogP contribution in [0.15, 0.2) is 30.3 Å². The molecule has 0 aliphatic rings. The Morgan fingerprint density at radius 2 is 2.00 bits per heavy atom.